The Kier molecular flexibility index (Phi) is 7.21. The molecule has 0 bridgehead atoms. The number of nitrogens with one attached hydrogen (secondary N) is 2. The van der Waals surface area contributed by atoms with Crippen molar-refractivity contribution in [2.75, 3.05) is 25.6 Å². The SMILES string of the molecule is COc1cc([C@@H]2c3sc(=O)[nH]c3S[C@@H]3C(=O)N(CC(=O)O)C(=O)[C@H]23)ccc1OCC(=O)Nc1cccc2ccccc12. The minimum Gasteiger partial charge on any atom is -0.493 e. The summed E-state index contributed by atoms with van der Waals surface area (Å²) in [6, 6.07) is 18.2. The molecule has 0 radical (unpaired) electrons. The fourth-order valence-electron chi connectivity index (χ4n) is 5.39. The van der Waals surface area contributed by atoms with Crippen molar-refractivity contribution in [3.8, 4) is 11.5 Å². The minimum absolute atomic E-state index is 0.278. The largest absolute Gasteiger partial charge is 0.493 e. The second kappa shape index (κ2) is 11.0. The zero-order valence-corrected chi connectivity index (χ0v) is 23.6. The molecule has 6 rings (SSSR count). The number of imide groups is 1. The van der Waals surface area contributed by atoms with Gasteiger partial charge in [-0.3, -0.25) is 28.9 Å². The Labute approximate surface area is 246 Å². The van der Waals surface area contributed by atoms with Gasteiger partial charge in [-0.15, -0.1) is 0 Å². The number of carboxylic acid groups (broad SMARTS) is 1. The molecule has 3 aromatic carbocycles. The Balaban J connectivity index is 1.26. The first-order chi connectivity index (χ1) is 20.2. The van der Waals surface area contributed by atoms with E-state index >= 15 is 0 Å². The van der Waals surface area contributed by atoms with Gasteiger partial charge in [-0.25, -0.2) is 0 Å². The molecule has 0 unspecified atom stereocenters. The second-order valence-electron chi connectivity index (χ2n) is 9.68. The zero-order chi connectivity index (χ0) is 29.5. The number of nitrogens with zero attached hydrogens (tertiary/aromatic N) is 1. The number of H-pyrrole nitrogens is 1. The van der Waals surface area contributed by atoms with Crippen LogP contribution < -0.4 is 19.7 Å². The number of ether oxygens (including phenoxy) is 2. The normalized spacial score (nSPS) is 19.4. The molecule has 2 aliphatic rings. The van der Waals surface area contributed by atoms with E-state index in [9.17, 15) is 29.1 Å². The Hall–Kier alpha value is -4.62. The first-order valence-electron chi connectivity index (χ1n) is 12.8. The number of rotatable bonds is 8. The van der Waals surface area contributed by atoms with Gasteiger partial charge in [0, 0.05) is 21.9 Å². The molecule has 214 valence electrons. The number of aliphatic carboxylic acids is 1. The zero-order valence-electron chi connectivity index (χ0n) is 22.0. The van der Waals surface area contributed by atoms with Crippen molar-refractivity contribution in [2.45, 2.75) is 16.2 Å². The summed E-state index contributed by atoms with van der Waals surface area (Å²) in [4.78, 5) is 66.5. The standard InChI is InChI=1S/C29H23N3O8S2/c1-39-19-11-15(9-10-18(19)40-13-20(33)30-17-8-4-6-14-5-2-3-7-16(14)17)22-23-25(41-26-24(22)42-29(38)31-26)28(37)32(27(23)36)12-21(34)35/h2-11,22-23,25H,12-13H2,1H3,(H,30,33)(H,31,38)(H,34,35)/t22-,23+,25-/m0/s1. The van der Waals surface area contributed by atoms with E-state index in [0.29, 0.717) is 21.2 Å². The smallest absolute Gasteiger partial charge is 0.323 e. The summed E-state index contributed by atoms with van der Waals surface area (Å²) in [7, 11) is 1.43. The molecule has 3 amide bonds. The molecule has 3 atom stereocenters. The monoisotopic (exact) mass is 605 g/mol. The Morgan fingerprint density at radius 3 is 2.60 bits per heavy atom. The highest BCUT2D eigenvalue weighted by Crippen LogP contribution is 2.53. The van der Waals surface area contributed by atoms with E-state index in [-0.39, 0.29) is 28.9 Å². The average molecular weight is 606 g/mol. The van der Waals surface area contributed by atoms with Crippen LogP contribution in [-0.2, 0) is 19.2 Å². The number of fused-ring (bicyclic) bond motifs is 3. The average Bonchev–Trinajstić information content (AvgIpc) is 3.46. The third kappa shape index (κ3) is 4.90. The van der Waals surface area contributed by atoms with Gasteiger partial charge in [0.15, 0.2) is 18.1 Å². The number of aromatic nitrogens is 1. The number of hydrogen-bond acceptors (Lipinski definition) is 9. The second-order valence-corrected chi connectivity index (χ2v) is 11.8. The molecule has 1 saturated heterocycles. The van der Waals surface area contributed by atoms with E-state index in [2.05, 4.69) is 10.3 Å². The summed E-state index contributed by atoms with van der Waals surface area (Å²) in [5.41, 5.74) is 1.23. The maximum atomic E-state index is 13.4. The molecule has 1 fully saturated rings. The first kappa shape index (κ1) is 27.5. The number of carbonyl (C=O) groups is 4. The lowest BCUT2D eigenvalue weighted by atomic mass is 9.83. The third-order valence-electron chi connectivity index (χ3n) is 7.18. The highest BCUT2D eigenvalue weighted by Gasteiger charge is 2.56. The van der Waals surface area contributed by atoms with E-state index in [1.54, 1.807) is 18.2 Å². The van der Waals surface area contributed by atoms with Gasteiger partial charge in [0.05, 0.1) is 18.1 Å². The molecule has 2 aliphatic heterocycles. The number of carbonyl (C=O) groups excluding carboxylic acids is 3. The molecule has 13 heteroatoms. The predicted molar refractivity (Wildman–Crippen MR) is 155 cm³/mol. The van der Waals surface area contributed by atoms with E-state index < -0.39 is 41.4 Å². The van der Waals surface area contributed by atoms with Crippen LogP contribution in [0.5, 0.6) is 11.5 Å². The van der Waals surface area contributed by atoms with Crippen LogP contribution in [0.2, 0.25) is 0 Å². The van der Waals surface area contributed by atoms with Gasteiger partial charge in [0.25, 0.3) is 5.91 Å². The fourth-order valence-corrected chi connectivity index (χ4v) is 7.92. The van der Waals surface area contributed by atoms with E-state index in [1.807, 2.05) is 42.5 Å². The quantitative estimate of drug-likeness (QED) is 0.257. The van der Waals surface area contributed by atoms with Gasteiger partial charge < -0.3 is 24.9 Å². The number of thiazole rings is 1. The summed E-state index contributed by atoms with van der Waals surface area (Å²) in [5, 5.41) is 13.6. The lowest BCUT2D eigenvalue weighted by molar-refractivity contribution is -0.149. The summed E-state index contributed by atoms with van der Waals surface area (Å²) < 4.78 is 11.3. The van der Waals surface area contributed by atoms with Crippen LogP contribution in [0.3, 0.4) is 0 Å². The minimum atomic E-state index is -1.30. The van der Waals surface area contributed by atoms with Gasteiger partial charge in [0.1, 0.15) is 11.8 Å². The number of aromatic amines is 1. The molecule has 3 heterocycles. The van der Waals surface area contributed by atoms with Gasteiger partial charge in [-0.05, 0) is 29.1 Å². The van der Waals surface area contributed by atoms with Crippen LogP contribution in [0.15, 0.2) is 70.5 Å². The Morgan fingerprint density at radius 1 is 1.02 bits per heavy atom. The molecule has 4 aromatic rings. The maximum absolute atomic E-state index is 13.4. The lowest BCUT2D eigenvalue weighted by Gasteiger charge is -2.30. The van der Waals surface area contributed by atoms with Gasteiger partial charge in [-0.2, -0.15) is 0 Å². The number of benzene rings is 3. The van der Waals surface area contributed by atoms with Crippen LogP contribution in [0.25, 0.3) is 10.8 Å². The highest BCUT2D eigenvalue weighted by molar-refractivity contribution is 8.00. The number of amides is 3. The topological polar surface area (TPSA) is 155 Å². The van der Waals surface area contributed by atoms with E-state index in [1.165, 1.54) is 7.11 Å². The number of carboxylic acids is 1. The van der Waals surface area contributed by atoms with Crippen LogP contribution >= 0.6 is 23.1 Å². The predicted octanol–water partition coefficient (Wildman–Crippen LogP) is 3.29. The molecule has 11 nitrogen and oxygen atoms in total. The van der Waals surface area contributed by atoms with E-state index in [4.69, 9.17) is 9.47 Å². The molecule has 0 spiro atoms. The summed E-state index contributed by atoms with van der Waals surface area (Å²) >= 11 is 2.00. The van der Waals surface area contributed by atoms with Crippen molar-refractivity contribution in [3.63, 3.8) is 0 Å². The molecule has 3 N–H and O–H groups in total. The molecule has 42 heavy (non-hydrogen) atoms. The fraction of sp³-hybridized carbons (Fsp3) is 0.207. The van der Waals surface area contributed by atoms with Gasteiger partial charge in [-0.1, -0.05) is 65.6 Å². The summed E-state index contributed by atoms with van der Waals surface area (Å²) in [6.07, 6.45) is 0. The molecular weight excluding hydrogens is 582 g/mol. The van der Waals surface area contributed by atoms with Crippen molar-refractivity contribution < 1.29 is 33.8 Å². The maximum Gasteiger partial charge on any atom is 0.323 e. The number of likely N-dealkylation sites (tertiary alicyclic amines) is 1. The van der Waals surface area contributed by atoms with Crippen molar-refractivity contribution >= 4 is 63.2 Å². The van der Waals surface area contributed by atoms with Crippen LogP contribution in [0.4, 0.5) is 5.69 Å². The lowest BCUT2D eigenvalue weighted by Crippen LogP contribution is -2.36. The molecule has 0 aliphatic carbocycles. The Morgan fingerprint density at radius 2 is 1.81 bits per heavy atom. The summed E-state index contributed by atoms with van der Waals surface area (Å²) in [6.45, 7) is -1.04. The highest BCUT2D eigenvalue weighted by atomic mass is 32.2. The van der Waals surface area contributed by atoms with Crippen LogP contribution in [0, 0.1) is 5.92 Å². The molecule has 0 saturated carbocycles. The third-order valence-corrected chi connectivity index (χ3v) is 9.58. The first-order valence-corrected chi connectivity index (χ1v) is 14.5. The number of methoxy groups -OCH3 is 1. The van der Waals surface area contributed by atoms with Crippen molar-refractivity contribution in [1.29, 1.82) is 0 Å². The number of anilines is 1. The summed E-state index contributed by atoms with van der Waals surface area (Å²) in [5.74, 6) is -3.95. The van der Waals surface area contributed by atoms with Crippen molar-refractivity contribution in [1.82, 2.24) is 9.88 Å². The van der Waals surface area contributed by atoms with Crippen molar-refractivity contribution in [2.24, 2.45) is 5.92 Å². The number of thioether (sulfide) groups is 1. The van der Waals surface area contributed by atoms with Crippen LogP contribution in [-0.4, -0.2) is 64.2 Å². The Bertz CT molecular complexity index is 1810. The molecular formula is C29H23N3O8S2. The van der Waals surface area contributed by atoms with Gasteiger partial charge >= 0.3 is 10.8 Å². The number of hydrogen-bond donors (Lipinski definition) is 3. The van der Waals surface area contributed by atoms with Gasteiger partial charge in [0.2, 0.25) is 11.8 Å². The van der Waals surface area contributed by atoms with Crippen molar-refractivity contribution in [3.05, 3.63) is 80.8 Å². The van der Waals surface area contributed by atoms with Crippen LogP contribution in [0.1, 0.15) is 16.4 Å². The van der Waals surface area contributed by atoms with E-state index in [0.717, 1.165) is 38.8 Å². The molecule has 1 aromatic heterocycles.